The lowest BCUT2D eigenvalue weighted by Gasteiger charge is -2.15. The van der Waals surface area contributed by atoms with E-state index in [1.807, 2.05) is 6.26 Å². The van der Waals surface area contributed by atoms with E-state index in [4.69, 9.17) is 15.8 Å². The molecule has 0 bridgehead atoms. The van der Waals surface area contributed by atoms with Gasteiger partial charge in [0.15, 0.2) is 10.8 Å². The molecule has 15 heavy (non-hydrogen) atoms. The van der Waals surface area contributed by atoms with Crippen molar-refractivity contribution in [1.29, 1.82) is 0 Å². The van der Waals surface area contributed by atoms with Crippen molar-refractivity contribution in [2.45, 2.75) is 25.5 Å². The van der Waals surface area contributed by atoms with Crippen LogP contribution in [0.5, 0.6) is 0 Å². The molecular formula is C9H18ClO4S+. The first-order valence-corrected chi connectivity index (χ1v) is 6.62. The second kappa shape index (κ2) is 7.19. The summed E-state index contributed by atoms with van der Waals surface area (Å²) in [5.41, 5.74) is 0. The molecule has 0 heterocycles. The molecule has 6 heteroatoms. The van der Waals surface area contributed by atoms with Gasteiger partial charge in [-0.2, -0.15) is 4.18 Å². The average Bonchev–Trinajstić information content (AvgIpc) is 2.11. The molecular weight excluding hydrogens is 240 g/mol. The molecule has 0 aromatic rings. The van der Waals surface area contributed by atoms with Gasteiger partial charge in [0.1, 0.15) is 30.6 Å². The van der Waals surface area contributed by atoms with Gasteiger partial charge in [0.2, 0.25) is 0 Å². The molecule has 1 unspecified atom stereocenters. The molecule has 0 N–H and O–H groups in total. The summed E-state index contributed by atoms with van der Waals surface area (Å²) in [5, 5.41) is 0. The molecule has 0 saturated heterocycles. The molecule has 0 aliphatic carbocycles. The summed E-state index contributed by atoms with van der Waals surface area (Å²) in [6.45, 7) is 6.84. The maximum Gasteiger partial charge on any atom is 0.509 e. The predicted molar refractivity (Wildman–Crippen MR) is 62.1 cm³/mol. The molecule has 0 fully saturated rings. The first-order valence-electron chi connectivity index (χ1n) is 4.52. The third-order valence-corrected chi connectivity index (χ3v) is 3.95. The van der Waals surface area contributed by atoms with Crippen LogP contribution < -0.4 is 0 Å². The van der Waals surface area contributed by atoms with E-state index >= 15 is 0 Å². The van der Waals surface area contributed by atoms with Crippen LogP contribution in [-0.2, 0) is 24.8 Å². The summed E-state index contributed by atoms with van der Waals surface area (Å²) >= 11 is 5.00. The first-order chi connectivity index (χ1) is 6.88. The second-order valence-corrected chi connectivity index (χ2v) is 6.33. The third kappa shape index (κ3) is 7.76. The van der Waals surface area contributed by atoms with Gasteiger partial charge in [-0.1, -0.05) is 11.6 Å². The normalized spacial score (nSPS) is 13.4. The number of hydrogen-bond acceptors (Lipinski definition) is 4. The van der Waals surface area contributed by atoms with Gasteiger partial charge in [-0.25, -0.2) is 4.79 Å². The van der Waals surface area contributed by atoms with Gasteiger partial charge < -0.3 is 9.47 Å². The molecule has 0 amide bonds. The largest absolute Gasteiger partial charge is 0.509 e. The van der Waals surface area contributed by atoms with Crippen LogP contribution in [0.25, 0.3) is 0 Å². The number of alkyl halides is 1. The van der Waals surface area contributed by atoms with Gasteiger partial charge >= 0.3 is 6.16 Å². The maximum atomic E-state index is 10.7. The topological polar surface area (TPSA) is 44.8 Å². The Kier molecular flexibility index (Phi) is 7.13. The molecule has 0 aromatic heterocycles. The molecule has 0 rings (SSSR count). The van der Waals surface area contributed by atoms with Gasteiger partial charge in [0, 0.05) is 0 Å². The van der Waals surface area contributed by atoms with E-state index in [9.17, 15) is 4.79 Å². The quantitative estimate of drug-likeness (QED) is 0.328. The van der Waals surface area contributed by atoms with E-state index in [0.29, 0.717) is 6.61 Å². The highest BCUT2D eigenvalue weighted by atomic mass is 35.5. The zero-order valence-electron chi connectivity index (χ0n) is 9.54. The fourth-order valence-corrected chi connectivity index (χ4v) is 1.31. The summed E-state index contributed by atoms with van der Waals surface area (Å²) in [6, 6.07) is -0.195. The average molecular weight is 258 g/mol. The van der Waals surface area contributed by atoms with Crippen LogP contribution in [0.3, 0.4) is 0 Å². The predicted octanol–water partition coefficient (Wildman–Crippen LogP) is 2.31. The minimum Gasteiger partial charge on any atom is -0.432 e. The number of ether oxygens (including phenoxy) is 2. The highest BCUT2D eigenvalue weighted by Crippen LogP contribution is 2.17. The Morgan fingerprint density at radius 3 is 2.33 bits per heavy atom. The van der Waals surface area contributed by atoms with E-state index < -0.39 is 6.16 Å². The van der Waals surface area contributed by atoms with Crippen molar-refractivity contribution in [1.82, 2.24) is 0 Å². The van der Waals surface area contributed by atoms with Crippen molar-refractivity contribution < 1.29 is 18.5 Å². The second-order valence-electron chi connectivity index (χ2n) is 3.74. The Hall–Kier alpha value is -0.130. The number of rotatable bonds is 5. The number of carbonyl (C=O) groups excluding carboxylic acids is 1. The Bertz CT molecular complexity index is 193. The fraction of sp³-hybridized carbons (Fsp3) is 0.889. The highest BCUT2D eigenvalue weighted by Gasteiger charge is 2.31. The summed E-state index contributed by atoms with van der Waals surface area (Å²) in [5.74, 6) is 0. The Labute approximate surface area is 98.8 Å². The minimum absolute atomic E-state index is 0.108. The van der Waals surface area contributed by atoms with E-state index in [0.717, 1.165) is 0 Å². The number of carbonyl (C=O) groups is 1. The summed E-state index contributed by atoms with van der Waals surface area (Å²) < 4.78 is 14.7. The van der Waals surface area contributed by atoms with Crippen molar-refractivity contribution in [2.75, 3.05) is 25.5 Å². The molecule has 0 saturated carbocycles. The van der Waals surface area contributed by atoms with Crippen molar-refractivity contribution in [3.8, 4) is 0 Å². The van der Waals surface area contributed by atoms with Gasteiger partial charge in [-0.3, -0.25) is 0 Å². The van der Waals surface area contributed by atoms with Crippen molar-refractivity contribution in [2.24, 2.45) is 0 Å². The summed E-state index contributed by atoms with van der Waals surface area (Å²) in [6.07, 6.45) is 1.25. The molecule has 0 aromatic carbocycles. The molecule has 0 aliphatic rings. The standard InChI is InChI=1S/C9H18ClO4S/c1-9(2,3)15(4)14-6-5-12-8(11)13-7-10/h5-7H2,1-4H3/q+1. The van der Waals surface area contributed by atoms with Crippen LogP contribution in [0.2, 0.25) is 0 Å². The summed E-state index contributed by atoms with van der Waals surface area (Å²) in [4.78, 5) is 10.7. The van der Waals surface area contributed by atoms with Crippen LogP contribution >= 0.6 is 11.6 Å². The maximum absolute atomic E-state index is 10.7. The number of halogens is 1. The van der Waals surface area contributed by atoms with E-state index in [-0.39, 0.29) is 28.6 Å². The van der Waals surface area contributed by atoms with Gasteiger partial charge in [0.25, 0.3) is 0 Å². The van der Waals surface area contributed by atoms with Crippen molar-refractivity contribution in [3.05, 3.63) is 0 Å². The van der Waals surface area contributed by atoms with Crippen LogP contribution in [0.1, 0.15) is 20.8 Å². The molecule has 0 radical (unpaired) electrons. The minimum atomic E-state index is -0.764. The lowest BCUT2D eigenvalue weighted by atomic mass is 10.3. The molecule has 4 nitrogen and oxygen atoms in total. The molecule has 0 spiro atoms. The van der Waals surface area contributed by atoms with Gasteiger partial charge in [-0.15, -0.1) is 0 Å². The smallest absolute Gasteiger partial charge is 0.432 e. The van der Waals surface area contributed by atoms with E-state index in [1.54, 1.807) is 0 Å². The first kappa shape index (κ1) is 14.9. The Morgan fingerprint density at radius 1 is 1.27 bits per heavy atom. The van der Waals surface area contributed by atoms with Crippen LogP contribution in [-0.4, -0.2) is 36.4 Å². The van der Waals surface area contributed by atoms with Crippen molar-refractivity contribution >= 4 is 28.9 Å². The highest BCUT2D eigenvalue weighted by molar-refractivity contribution is 7.93. The van der Waals surface area contributed by atoms with Gasteiger partial charge in [-0.05, 0) is 20.8 Å². The third-order valence-electron chi connectivity index (χ3n) is 1.60. The molecule has 1 atom stereocenters. The molecule has 0 aliphatic heterocycles. The molecule has 90 valence electrons. The lowest BCUT2D eigenvalue weighted by Crippen LogP contribution is -2.30. The zero-order chi connectivity index (χ0) is 11.9. The lowest BCUT2D eigenvalue weighted by molar-refractivity contribution is 0.0587. The summed E-state index contributed by atoms with van der Waals surface area (Å²) in [7, 11) is 0. The number of hydrogen-bond donors (Lipinski definition) is 0. The van der Waals surface area contributed by atoms with Crippen molar-refractivity contribution in [3.63, 3.8) is 0 Å². The van der Waals surface area contributed by atoms with Crippen LogP contribution in [0, 0.1) is 0 Å². The van der Waals surface area contributed by atoms with Gasteiger partial charge in [0.05, 0.1) is 0 Å². The zero-order valence-corrected chi connectivity index (χ0v) is 11.1. The SMILES string of the molecule is C[S+](OCCOC(=O)OCCl)C(C)(C)C. The Balaban J connectivity index is 3.51. The monoisotopic (exact) mass is 257 g/mol. The Morgan fingerprint density at radius 2 is 1.87 bits per heavy atom. The fourth-order valence-electron chi connectivity index (χ4n) is 0.547. The van der Waals surface area contributed by atoms with E-state index in [1.165, 1.54) is 0 Å². The van der Waals surface area contributed by atoms with E-state index in [2.05, 4.69) is 30.2 Å². The van der Waals surface area contributed by atoms with Crippen LogP contribution in [0.15, 0.2) is 0 Å². The van der Waals surface area contributed by atoms with Crippen LogP contribution in [0.4, 0.5) is 4.79 Å².